The Bertz CT molecular complexity index is 285. The lowest BCUT2D eigenvalue weighted by Gasteiger charge is -2.31. The topological polar surface area (TPSA) is 24.9 Å². The summed E-state index contributed by atoms with van der Waals surface area (Å²) in [4.78, 5) is 4.39. The number of aromatic nitrogens is 1. The Hall–Kier alpha value is -0.410. The molecule has 0 aromatic carbocycles. The largest absolute Gasteiger partial charge is 0.314 e. The predicted molar refractivity (Wildman–Crippen MR) is 71.9 cm³/mol. The van der Waals surface area contributed by atoms with Crippen molar-refractivity contribution in [3.63, 3.8) is 0 Å². The zero-order chi connectivity index (χ0) is 12.2. The molecule has 0 bridgehead atoms. The maximum absolute atomic E-state index is 4.39. The second kappa shape index (κ2) is 5.78. The van der Waals surface area contributed by atoms with Crippen LogP contribution in [0.25, 0.3) is 0 Å². The summed E-state index contributed by atoms with van der Waals surface area (Å²) in [6.45, 7) is 12.4. The van der Waals surface area contributed by atoms with Gasteiger partial charge < -0.3 is 5.32 Å². The molecule has 92 valence electrons. The molecular weight excluding hydrogens is 216 g/mol. The Balaban J connectivity index is 2.58. The van der Waals surface area contributed by atoms with Crippen molar-refractivity contribution >= 4 is 11.3 Å². The van der Waals surface area contributed by atoms with Crippen LogP contribution in [0.3, 0.4) is 0 Å². The SMILES string of the molecule is CC(C)NCC(Cc1cscn1)C(C)(C)C. The number of rotatable bonds is 5. The van der Waals surface area contributed by atoms with E-state index in [1.165, 1.54) is 5.69 Å². The maximum atomic E-state index is 4.39. The highest BCUT2D eigenvalue weighted by molar-refractivity contribution is 7.07. The van der Waals surface area contributed by atoms with Gasteiger partial charge in [0.15, 0.2) is 0 Å². The molecule has 0 fully saturated rings. The monoisotopic (exact) mass is 240 g/mol. The van der Waals surface area contributed by atoms with Gasteiger partial charge in [0.05, 0.1) is 11.2 Å². The lowest BCUT2D eigenvalue weighted by molar-refractivity contribution is 0.225. The molecule has 3 heteroatoms. The number of nitrogens with one attached hydrogen (secondary N) is 1. The highest BCUT2D eigenvalue weighted by Crippen LogP contribution is 2.28. The molecule has 0 spiro atoms. The average molecular weight is 240 g/mol. The van der Waals surface area contributed by atoms with Gasteiger partial charge in [0, 0.05) is 11.4 Å². The minimum atomic E-state index is 0.325. The molecule has 0 saturated carbocycles. The third-order valence-corrected chi connectivity index (χ3v) is 3.57. The van der Waals surface area contributed by atoms with E-state index in [2.05, 4.69) is 50.3 Å². The van der Waals surface area contributed by atoms with Crippen molar-refractivity contribution < 1.29 is 0 Å². The maximum Gasteiger partial charge on any atom is 0.0794 e. The van der Waals surface area contributed by atoms with E-state index >= 15 is 0 Å². The second-order valence-electron chi connectivity index (χ2n) is 5.81. The molecule has 1 N–H and O–H groups in total. The molecule has 1 aromatic rings. The van der Waals surface area contributed by atoms with Crippen LogP contribution < -0.4 is 5.32 Å². The van der Waals surface area contributed by atoms with Crippen LogP contribution >= 0.6 is 11.3 Å². The first-order valence-corrected chi connectivity index (χ1v) is 6.94. The third-order valence-electron chi connectivity index (χ3n) is 2.94. The smallest absolute Gasteiger partial charge is 0.0794 e. The van der Waals surface area contributed by atoms with Crippen LogP contribution in [0.15, 0.2) is 10.9 Å². The molecular formula is C13H24N2S. The Morgan fingerprint density at radius 1 is 1.38 bits per heavy atom. The van der Waals surface area contributed by atoms with Gasteiger partial charge in [0.1, 0.15) is 0 Å². The molecule has 0 aliphatic rings. The summed E-state index contributed by atoms with van der Waals surface area (Å²) in [6, 6.07) is 0.556. The van der Waals surface area contributed by atoms with Crippen LogP contribution in [0.1, 0.15) is 40.3 Å². The Morgan fingerprint density at radius 2 is 2.06 bits per heavy atom. The van der Waals surface area contributed by atoms with E-state index in [-0.39, 0.29) is 0 Å². The lowest BCUT2D eigenvalue weighted by Crippen LogP contribution is -2.36. The number of hydrogen-bond acceptors (Lipinski definition) is 3. The van der Waals surface area contributed by atoms with Gasteiger partial charge in [-0.05, 0) is 24.3 Å². The van der Waals surface area contributed by atoms with Crippen molar-refractivity contribution in [3.05, 3.63) is 16.6 Å². The van der Waals surface area contributed by atoms with E-state index in [1.54, 1.807) is 11.3 Å². The molecule has 1 atom stereocenters. The molecule has 1 aromatic heterocycles. The number of nitrogens with zero attached hydrogens (tertiary/aromatic N) is 1. The second-order valence-corrected chi connectivity index (χ2v) is 6.53. The van der Waals surface area contributed by atoms with Gasteiger partial charge in [-0.3, -0.25) is 0 Å². The fraction of sp³-hybridized carbons (Fsp3) is 0.769. The normalized spacial score (nSPS) is 14.4. The standard InChI is InChI=1S/C13H24N2S/c1-10(2)14-7-11(13(3,4)5)6-12-8-16-9-15-12/h8-11,14H,6-7H2,1-5H3. The van der Waals surface area contributed by atoms with Gasteiger partial charge in [-0.25, -0.2) is 4.98 Å². The molecule has 0 amide bonds. The molecule has 0 aliphatic heterocycles. The molecule has 0 radical (unpaired) electrons. The molecule has 16 heavy (non-hydrogen) atoms. The van der Waals surface area contributed by atoms with Crippen molar-refractivity contribution in [1.82, 2.24) is 10.3 Å². The van der Waals surface area contributed by atoms with Gasteiger partial charge in [-0.1, -0.05) is 34.6 Å². The lowest BCUT2D eigenvalue weighted by atomic mass is 9.78. The van der Waals surface area contributed by atoms with Crippen molar-refractivity contribution in [2.45, 2.75) is 47.1 Å². The summed E-state index contributed by atoms with van der Waals surface area (Å²) in [5.74, 6) is 0.636. The minimum Gasteiger partial charge on any atom is -0.314 e. The van der Waals surface area contributed by atoms with Gasteiger partial charge >= 0.3 is 0 Å². The highest BCUT2D eigenvalue weighted by atomic mass is 32.1. The van der Waals surface area contributed by atoms with E-state index in [4.69, 9.17) is 0 Å². The van der Waals surface area contributed by atoms with E-state index in [0.717, 1.165) is 13.0 Å². The van der Waals surface area contributed by atoms with Crippen LogP contribution in [0.4, 0.5) is 0 Å². The van der Waals surface area contributed by atoms with E-state index in [1.807, 2.05) is 5.51 Å². The fourth-order valence-electron chi connectivity index (χ4n) is 1.65. The fourth-order valence-corrected chi connectivity index (χ4v) is 2.22. The van der Waals surface area contributed by atoms with E-state index in [0.29, 0.717) is 17.4 Å². The first-order chi connectivity index (χ1) is 7.39. The molecule has 0 aliphatic carbocycles. The average Bonchev–Trinajstić information content (AvgIpc) is 2.62. The van der Waals surface area contributed by atoms with Crippen molar-refractivity contribution in [2.75, 3.05) is 6.54 Å². The molecule has 1 unspecified atom stereocenters. The first-order valence-electron chi connectivity index (χ1n) is 6.00. The Labute approximate surface area is 103 Å². The summed E-state index contributed by atoms with van der Waals surface area (Å²) in [6.07, 6.45) is 1.08. The number of hydrogen-bond donors (Lipinski definition) is 1. The van der Waals surface area contributed by atoms with Crippen LogP contribution in [0.2, 0.25) is 0 Å². The summed E-state index contributed by atoms with van der Waals surface area (Å²) in [5, 5.41) is 5.70. The Kier molecular flexibility index (Phi) is 4.93. The summed E-state index contributed by atoms with van der Waals surface area (Å²) < 4.78 is 0. The van der Waals surface area contributed by atoms with Crippen LogP contribution in [0, 0.1) is 11.3 Å². The van der Waals surface area contributed by atoms with Gasteiger partial charge in [-0.2, -0.15) is 0 Å². The third kappa shape index (κ3) is 4.62. The first kappa shape index (κ1) is 13.7. The summed E-state index contributed by atoms with van der Waals surface area (Å²) in [7, 11) is 0. The highest BCUT2D eigenvalue weighted by Gasteiger charge is 2.25. The van der Waals surface area contributed by atoms with Gasteiger partial charge in [0.2, 0.25) is 0 Å². The van der Waals surface area contributed by atoms with Crippen molar-refractivity contribution in [2.24, 2.45) is 11.3 Å². The quantitative estimate of drug-likeness (QED) is 0.854. The van der Waals surface area contributed by atoms with Crippen LogP contribution in [-0.4, -0.2) is 17.6 Å². The summed E-state index contributed by atoms with van der Waals surface area (Å²) >= 11 is 1.69. The predicted octanol–water partition coefficient (Wildman–Crippen LogP) is 3.35. The Morgan fingerprint density at radius 3 is 2.50 bits per heavy atom. The zero-order valence-corrected chi connectivity index (χ0v) is 11.9. The van der Waals surface area contributed by atoms with Crippen LogP contribution in [0.5, 0.6) is 0 Å². The van der Waals surface area contributed by atoms with Crippen molar-refractivity contribution in [3.8, 4) is 0 Å². The molecule has 0 saturated heterocycles. The summed E-state index contributed by atoms with van der Waals surface area (Å²) in [5.41, 5.74) is 3.48. The molecule has 1 heterocycles. The van der Waals surface area contributed by atoms with Crippen molar-refractivity contribution in [1.29, 1.82) is 0 Å². The van der Waals surface area contributed by atoms with Crippen LogP contribution in [-0.2, 0) is 6.42 Å². The van der Waals surface area contributed by atoms with Gasteiger partial charge in [0.25, 0.3) is 0 Å². The van der Waals surface area contributed by atoms with E-state index < -0.39 is 0 Å². The minimum absolute atomic E-state index is 0.325. The van der Waals surface area contributed by atoms with E-state index in [9.17, 15) is 0 Å². The van der Waals surface area contributed by atoms with Gasteiger partial charge in [-0.15, -0.1) is 11.3 Å². The zero-order valence-electron chi connectivity index (χ0n) is 11.1. The molecule has 1 rings (SSSR count). The molecule has 2 nitrogen and oxygen atoms in total. The number of thiazole rings is 1.